The van der Waals surface area contributed by atoms with Crippen LogP contribution in [0.25, 0.3) is 0 Å². The first-order valence-electron chi connectivity index (χ1n) is 5.41. The summed E-state index contributed by atoms with van der Waals surface area (Å²) in [6, 6.07) is -0.0936. The van der Waals surface area contributed by atoms with Crippen LogP contribution in [0.15, 0.2) is 0 Å². The first kappa shape index (κ1) is 13.0. The predicted octanol–water partition coefficient (Wildman–Crippen LogP) is 2.08. The third-order valence-electron chi connectivity index (χ3n) is 2.19. The van der Waals surface area contributed by atoms with Gasteiger partial charge in [0.05, 0.1) is 5.69 Å². The van der Waals surface area contributed by atoms with E-state index in [4.69, 9.17) is 0 Å². The van der Waals surface area contributed by atoms with Crippen molar-refractivity contribution in [3.05, 3.63) is 10.6 Å². The van der Waals surface area contributed by atoms with Crippen LogP contribution in [0.1, 0.15) is 31.3 Å². The number of nitrogens with zero attached hydrogens (tertiary/aromatic N) is 1. The monoisotopic (exact) mass is 241 g/mol. The molecule has 1 heterocycles. The van der Waals surface area contributed by atoms with E-state index in [1.54, 1.807) is 11.3 Å². The van der Waals surface area contributed by atoms with Gasteiger partial charge in [-0.1, -0.05) is 0 Å². The fourth-order valence-electron chi connectivity index (χ4n) is 1.19. The van der Waals surface area contributed by atoms with Crippen LogP contribution < -0.4 is 10.6 Å². The number of nitrogens with one attached hydrogen (secondary N) is 2. The standard InChI is InChI=1S/C11H19N3OS/c1-6(2)12-10(15)8(4)14-11-13-7(3)9(5)16-11/h6,8H,1-5H3,(H,12,15)(H,13,14). The van der Waals surface area contributed by atoms with Crippen LogP contribution in [0, 0.1) is 13.8 Å². The summed E-state index contributed by atoms with van der Waals surface area (Å²) in [5.74, 6) is 0.000469. The van der Waals surface area contributed by atoms with Gasteiger partial charge in [-0.05, 0) is 34.6 Å². The molecule has 1 atom stereocenters. The Kier molecular flexibility index (Phi) is 4.29. The highest BCUT2D eigenvalue weighted by Crippen LogP contribution is 2.21. The molecule has 1 unspecified atom stereocenters. The van der Waals surface area contributed by atoms with Crippen LogP contribution >= 0.6 is 11.3 Å². The Bertz CT molecular complexity index is 354. The van der Waals surface area contributed by atoms with Gasteiger partial charge < -0.3 is 10.6 Å². The van der Waals surface area contributed by atoms with Gasteiger partial charge in [0.15, 0.2) is 5.13 Å². The Morgan fingerprint density at radius 2 is 1.94 bits per heavy atom. The summed E-state index contributed by atoms with van der Waals surface area (Å²) in [6.45, 7) is 9.72. The molecule has 0 fully saturated rings. The molecule has 1 aromatic heterocycles. The van der Waals surface area contributed by atoms with Crippen LogP contribution in [0.4, 0.5) is 5.13 Å². The summed E-state index contributed by atoms with van der Waals surface area (Å²) < 4.78 is 0. The van der Waals surface area contributed by atoms with E-state index in [9.17, 15) is 4.79 Å². The summed E-state index contributed by atoms with van der Waals surface area (Å²) in [4.78, 5) is 17.2. The van der Waals surface area contributed by atoms with Crippen molar-refractivity contribution in [1.82, 2.24) is 10.3 Å². The molecule has 2 N–H and O–H groups in total. The third kappa shape index (κ3) is 3.48. The molecule has 90 valence electrons. The van der Waals surface area contributed by atoms with Crippen LogP contribution in [0.5, 0.6) is 0 Å². The molecule has 0 bridgehead atoms. The number of aromatic nitrogens is 1. The normalized spacial score (nSPS) is 12.6. The molecule has 0 radical (unpaired) electrons. The number of hydrogen-bond donors (Lipinski definition) is 2. The van der Waals surface area contributed by atoms with Crippen LogP contribution in [-0.4, -0.2) is 23.0 Å². The minimum absolute atomic E-state index is 0.000469. The second kappa shape index (κ2) is 5.30. The van der Waals surface area contributed by atoms with Crippen molar-refractivity contribution in [2.75, 3.05) is 5.32 Å². The maximum absolute atomic E-state index is 11.7. The second-order valence-corrected chi connectivity index (χ2v) is 5.39. The van der Waals surface area contributed by atoms with Crippen LogP contribution in [0.3, 0.4) is 0 Å². The van der Waals surface area contributed by atoms with E-state index in [0.717, 1.165) is 10.8 Å². The van der Waals surface area contributed by atoms with Crippen molar-refractivity contribution in [3.63, 3.8) is 0 Å². The summed E-state index contributed by atoms with van der Waals surface area (Å²) in [6.07, 6.45) is 0. The van der Waals surface area contributed by atoms with Crippen molar-refractivity contribution in [1.29, 1.82) is 0 Å². The van der Waals surface area contributed by atoms with Crippen molar-refractivity contribution in [2.45, 2.75) is 46.7 Å². The molecule has 1 amide bonds. The van der Waals surface area contributed by atoms with Crippen molar-refractivity contribution >= 4 is 22.4 Å². The van der Waals surface area contributed by atoms with E-state index in [1.165, 1.54) is 4.88 Å². The summed E-state index contributed by atoms with van der Waals surface area (Å²) in [7, 11) is 0. The highest BCUT2D eigenvalue weighted by molar-refractivity contribution is 7.15. The minimum Gasteiger partial charge on any atom is -0.352 e. The fourth-order valence-corrected chi connectivity index (χ4v) is 2.10. The number of carbonyl (C=O) groups excluding carboxylic acids is 1. The SMILES string of the molecule is Cc1nc(NC(C)C(=O)NC(C)C)sc1C. The van der Waals surface area contributed by atoms with Gasteiger partial charge in [-0.25, -0.2) is 4.98 Å². The van der Waals surface area contributed by atoms with E-state index >= 15 is 0 Å². The van der Waals surface area contributed by atoms with Gasteiger partial charge in [-0.3, -0.25) is 4.79 Å². The molecular formula is C11H19N3OS. The molecule has 5 heteroatoms. The summed E-state index contributed by atoms with van der Waals surface area (Å²) in [5.41, 5.74) is 1.02. The lowest BCUT2D eigenvalue weighted by atomic mass is 10.3. The Morgan fingerprint density at radius 1 is 1.31 bits per heavy atom. The molecule has 0 saturated carbocycles. The molecule has 0 aromatic carbocycles. The number of carbonyl (C=O) groups is 1. The smallest absolute Gasteiger partial charge is 0.242 e. The highest BCUT2D eigenvalue weighted by atomic mass is 32.1. The summed E-state index contributed by atoms with van der Waals surface area (Å²) >= 11 is 1.58. The van der Waals surface area contributed by atoms with Crippen molar-refractivity contribution < 1.29 is 4.79 Å². The molecule has 1 aromatic rings. The van der Waals surface area contributed by atoms with Gasteiger partial charge in [0, 0.05) is 10.9 Å². The Labute approximate surface area is 100 Å². The molecule has 0 saturated heterocycles. The molecule has 0 spiro atoms. The molecule has 0 aliphatic rings. The van der Waals surface area contributed by atoms with E-state index < -0.39 is 0 Å². The average molecular weight is 241 g/mol. The second-order valence-electron chi connectivity index (χ2n) is 4.19. The van der Waals surface area contributed by atoms with Gasteiger partial charge in [0.2, 0.25) is 5.91 Å². The first-order chi connectivity index (χ1) is 7.40. The molecule has 1 rings (SSSR count). The van der Waals surface area contributed by atoms with Gasteiger partial charge >= 0.3 is 0 Å². The number of hydrogen-bond acceptors (Lipinski definition) is 4. The maximum atomic E-state index is 11.7. The number of anilines is 1. The Hall–Kier alpha value is -1.10. The van der Waals surface area contributed by atoms with Gasteiger partial charge in [0.25, 0.3) is 0 Å². The highest BCUT2D eigenvalue weighted by Gasteiger charge is 2.15. The number of thiazole rings is 1. The van der Waals surface area contributed by atoms with Crippen molar-refractivity contribution in [3.8, 4) is 0 Å². The van der Waals surface area contributed by atoms with E-state index in [0.29, 0.717) is 0 Å². The van der Waals surface area contributed by atoms with E-state index in [1.807, 2.05) is 34.6 Å². The number of rotatable bonds is 4. The molecule has 16 heavy (non-hydrogen) atoms. The predicted molar refractivity (Wildman–Crippen MR) is 68.0 cm³/mol. The first-order valence-corrected chi connectivity index (χ1v) is 6.22. The average Bonchev–Trinajstić information content (AvgIpc) is 2.44. The zero-order valence-electron chi connectivity index (χ0n) is 10.4. The molecule has 4 nitrogen and oxygen atoms in total. The Balaban J connectivity index is 2.57. The molecule has 0 aliphatic heterocycles. The lowest BCUT2D eigenvalue weighted by Gasteiger charge is -2.15. The lowest BCUT2D eigenvalue weighted by molar-refractivity contribution is -0.122. The Morgan fingerprint density at radius 3 is 2.38 bits per heavy atom. The van der Waals surface area contributed by atoms with Crippen molar-refractivity contribution in [2.24, 2.45) is 0 Å². The van der Waals surface area contributed by atoms with E-state index in [2.05, 4.69) is 15.6 Å². The molecular weight excluding hydrogens is 222 g/mol. The van der Waals surface area contributed by atoms with Crippen LogP contribution in [-0.2, 0) is 4.79 Å². The zero-order valence-corrected chi connectivity index (χ0v) is 11.2. The van der Waals surface area contributed by atoms with Crippen LogP contribution in [0.2, 0.25) is 0 Å². The lowest BCUT2D eigenvalue weighted by Crippen LogP contribution is -2.40. The largest absolute Gasteiger partial charge is 0.352 e. The topological polar surface area (TPSA) is 54.0 Å². The minimum atomic E-state index is -0.257. The maximum Gasteiger partial charge on any atom is 0.242 e. The van der Waals surface area contributed by atoms with Gasteiger partial charge in [-0.15, -0.1) is 11.3 Å². The zero-order chi connectivity index (χ0) is 12.3. The quantitative estimate of drug-likeness (QED) is 0.848. The third-order valence-corrected chi connectivity index (χ3v) is 3.20. The van der Waals surface area contributed by atoms with E-state index in [-0.39, 0.29) is 18.0 Å². The number of aryl methyl sites for hydroxylation is 2. The fraction of sp³-hybridized carbons (Fsp3) is 0.636. The summed E-state index contributed by atoms with van der Waals surface area (Å²) in [5, 5.41) is 6.77. The molecule has 0 aliphatic carbocycles. The van der Waals surface area contributed by atoms with Gasteiger partial charge in [0.1, 0.15) is 6.04 Å². The van der Waals surface area contributed by atoms with Gasteiger partial charge in [-0.2, -0.15) is 0 Å². The number of amides is 1.